The minimum Gasteiger partial charge on any atom is -0.756 e. The number of hydrogen-bond donors (Lipinski definition) is 0. The molecule has 0 radical (unpaired) electrons. The number of carbonyl (C=O) groups excluding carboxylic acids is 2. The Kier molecular flexibility index (Phi) is 73.7. The second-order valence-corrected chi connectivity index (χ2v) is 27.7. The summed E-state index contributed by atoms with van der Waals surface area (Å²) in [6.45, 7) is 3.94. The minimum absolute atomic E-state index is 0.0521. The summed E-state index contributed by atoms with van der Waals surface area (Å²) in [5.41, 5.74) is 0. The summed E-state index contributed by atoms with van der Waals surface area (Å²) in [5, 5.41) is 0. The molecule has 102 heavy (non-hydrogen) atoms. The number of allylic oxidation sites excluding steroid dienone is 42. The van der Waals surface area contributed by atoms with Gasteiger partial charge in [0.2, 0.25) is 0 Å². The SMILES string of the molecule is CC/C=C\C/C=C\C/C=C\C/C=C\C/C=C\C/C=C\C/C=C\C/C=C\C/C=C\C/C=C\C/C=C\CCCCCC(=O)OC(COC(=O)CCCCCCCCCCCC/C=C\C/C=C\C/C=C\C/C=C\C/C=C\C/C=C\C/C=C\C/C=C\C/C=C\C/C=C\CC)COP(=O)([O-])OCC[N+](C)(C)C. The molecule has 2 atom stereocenters. The highest BCUT2D eigenvalue weighted by Gasteiger charge is 2.22. The number of esters is 2. The second-order valence-electron chi connectivity index (χ2n) is 26.3. The van der Waals surface area contributed by atoms with E-state index in [0.29, 0.717) is 23.9 Å². The van der Waals surface area contributed by atoms with Gasteiger partial charge < -0.3 is 27.9 Å². The topological polar surface area (TPSA) is 111 Å². The van der Waals surface area contributed by atoms with Crippen LogP contribution >= 0.6 is 7.82 Å². The highest BCUT2D eigenvalue weighted by atomic mass is 31.2. The van der Waals surface area contributed by atoms with Crippen LogP contribution in [0.2, 0.25) is 0 Å². The molecule has 0 aliphatic heterocycles. The largest absolute Gasteiger partial charge is 0.756 e. The number of quaternary nitrogens is 1. The Balaban J connectivity index is 4.18. The molecule has 0 bridgehead atoms. The number of hydrogen-bond acceptors (Lipinski definition) is 8. The van der Waals surface area contributed by atoms with E-state index in [0.717, 1.165) is 180 Å². The van der Waals surface area contributed by atoms with Gasteiger partial charge in [0.25, 0.3) is 7.82 Å². The first-order chi connectivity index (χ1) is 50.0. The van der Waals surface area contributed by atoms with Crippen LogP contribution in [0.1, 0.15) is 258 Å². The van der Waals surface area contributed by atoms with E-state index < -0.39 is 32.5 Å². The van der Waals surface area contributed by atoms with Gasteiger partial charge >= 0.3 is 11.9 Å². The van der Waals surface area contributed by atoms with Crippen LogP contribution in [0.4, 0.5) is 0 Å². The van der Waals surface area contributed by atoms with E-state index in [1.165, 1.54) is 38.5 Å². The third-order valence-electron chi connectivity index (χ3n) is 15.6. The molecular weight excluding hydrogens is 1280 g/mol. The van der Waals surface area contributed by atoms with E-state index in [1.807, 2.05) is 21.1 Å². The van der Waals surface area contributed by atoms with E-state index in [-0.39, 0.29) is 26.1 Å². The molecule has 0 amide bonds. The van der Waals surface area contributed by atoms with Gasteiger partial charge in [-0.1, -0.05) is 327 Å². The van der Waals surface area contributed by atoms with Crippen molar-refractivity contribution in [3.63, 3.8) is 0 Å². The molecule has 0 heterocycles. The van der Waals surface area contributed by atoms with Crippen molar-refractivity contribution in [1.29, 1.82) is 0 Å². The third-order valence-corrected chi connectivity index (χ3v) is 16.5. The first-order valence-electron chi connectivity index (χ1n) is 39.4. The number of rotatable bonds is 69. The van der Waals surface area contributed by atoms with Crippen molar-refractivity contribution in [1.82, 2.24) is 0 Å². The lowest BCUT2D eigenvalue weighted by atomic mass is 10.1. The lowest BCUT2D eigenvalue weighted by Gasteiger charge is -2.28. The van der Waals surface area contributed by atoms with Crippen molar-refractivity contribution in [2.75, 3.05) is 47.5 Å². The first-order valence-corrected chi connectivity index (χ1v) is 40.9. The average molecular weight is 1420 g/mol. The molecule has 10 heteroatoms. The number of ether oxygens (including phenoxy) is 2. The van der Waals surface area contributed by atoms with Crippen LogP contribution in [0.25, 0.3) is 0 Å². The van der Waals surface area contributed by atoms with Crippen molar-refractivity contribution >= 4 is 19.8 Å². The number of phosphoric acid groups is 1. The number of carbonyl (C=O) groups is 2. The van der Waals surface area contributed by atoms with Gasteiger partial charge in [0.05, 0.1) is 27.7 Å². The molecule has 568 valence electrons. The van der Waals surface area contributed by atoms with E-state index in [4.69, 9.17) is 18.5 Å². The molecule has 9 nitrogen and oxygen atoms in total. The van der Waals surface area contributed by atoms with Crippen LogP contribution in [0.5, 0.6) is 0 Å². The fourth-order valence-electron chi connectivity index (χ4n) is 9.63. The Bertz CT molecular complexity index is 2680. The number of likely N-dealkylation sites (N-methyl/N-ethyl adjacent to an activating group) is 1. The molecule has 0 rings (SSSR count). The zero-order chi connectivity index (χ0) is 74.0. The highest BCUT2D eigenvalue weighted by Crippen LogP contribution is 2.38. The standard InChI is InChI=1S/C92H142NO8P/c1-6-8-10-12-14-16-18-20-22-24-26-28-30-32-34-36-38-40-42-44-45-46-47-49-50-52-54-56-58-60-62-64-66-68-70-72-74-76-78-80-82-84-91(94)98-88-90(89-100-102(96,97)99-87-86-93(3,4)5)101-92(95)85-83-81-79-77-75-73-71-69-67-65-63-61-59-57-55-53-51-48-43-41-39-37-35-33-31-29-27-25-23-21-19-17-15-13-11-9-7-2/h8-11,14-17,20-23,26-29,32-35,38-41,44-45,47-49,51-52,54-55,57-58,60-61,63,67,69,73,75,90H,6-7,12-13,18-19,24-25,30-31,36-37,42-43,46,50,53,56,59,62,64-66,68,70-72,74,76-89H2,1-5H3/b10-8-,11-9-,16-14-,17-15-,22-20-,23-21-,28-26-,29-27-,34-32-,35-33-,40-38-,41-39-,45-44-,49-47-,51-48-,54-52-,57-55-,60-58-,63-61-,69-67-,75-73-. The highest BCUT2D eigenvalue weighted by molar-refractivity contribution is 7.45. The van der Waals surface area contributed by atoms with Crippen molar-refractivity contribution in [3.05, 3.63) is 255 Å². The smallest absolute Gasteiger partial charge is 0.306 e. The Labute approximate surface area is 625 Å². The zero-order valence-electron chi connectivity index (χ0n) is 64.7. The van der Waals surface area contributed by atoms with E-state index >= 15 is 0 Å². The maximum Gasteiger partial charge on any atom is 0.306 e. The molecule has 0 aliphatic carbocycles. The molecule has 0 aromatic carbocycles. The molecular formula is C92H142NO8P. The molecule has 0 aromatic heterocycles. The summed E-state index contributed by atoms with van der Waals surface area (Å²) in [5.74, 6) is -0.895. The summed E-state index contributed by atoms with van der Waals surface area (Å²) >= 11 is 0. The van der Waals surface area contributed by atoms with Crippen molar-refractivity contribution in [2.45, 2.75) is 264 Å². The van der Waals surface area contributed by atoms with Crippen LogP contribution in [0, 0.1) is 0 Å². The number of phosphoric ester groups is 1. The van der Waals surface area contributed by atoms with Crippen LogP contribution in [0.15, 0.2) is 255 Å². The van der Waals surface area contributed by atoms with Crippen molar-refractivity contribution < 1.29 is 42.1 Å². The predicted octanol–water partition coefficient (Wildman–Crippen LogP) is 26.2. The van der Waals surface area contributed by atoms with Gasteiger partial charge in [0.15, 0.2) is 6.10 Å². The Hall–Kier alpha value is -6.45. The Morgan fingerprint density at radius 1 is 0.304 bits per heavy atom. The third kappa shape index (κ3) is 82.5. The maximum atomic E-state index is 12.9. The quantitative estimate of drug-likeness (QED) is 0.0195. The summed E-state index contributed by atoms with van der Waals surface area (Å²) in [7, 11) is 1.11. The number of unbranched alkanes of at least 4 members (excludes halogenated alkanes) is 13. The summed E-state index contributed by atoms with van der Waals surface area (Å²) in [6.07, 6.45) is 129. The summed E-state index contributed by atoms with van der Waals surface area (Å²) < 4.78 is 34.3. The van der Waals surface area contributed by atoms with E-state index in [1.54, 1.807) is 0 Å². The molecule has 0 spiro atoms. The molecule has 0 fully saturated rings. The van der Waals surface area contributed by atoms with Crippen LogP contribution in [-0.2, 0) is 32.7 Å². The normalized spacial score (nSPS) is 14.5. The van der Waals surface area contributed by atoms with Crippen LogP contribution in [-0.4, -0.2) is 70.0 Å². The van der Waals surface area contributed by atoms with Crippen LogP contribution < -0.4 is 4.89 Å². The first kappa shape index (κ1) is 95.5. The fourth-order valence-corrected chi connectivity index (χ4v) is 10.4. The maximum absolute atomic E-state index is 12.9. The monoisotopic (exact) mass is 1420 g/mol. The van der Waals surface area contributed by atoms with Gasteiger partial charge in [0, 0.05) is 12.8 Å². The van der Waals surface area contributed by atoms with Crippen LogP contribution in [0.3, 0.4) is 0 Å². The van der Waals surface area contributed by atoms with E-state index in [2.05, 4.69) is 269 Å². The lowest BCUT2D eigenvalue weighted by Crippen LogP contribution is -2.37. The lowest BCUT2D eigenvalue weighted by molar-refractivity contribution is -0.870. The Morgan fingerprint density at radius 2 is 0.529 bits per heavy atom. The predicted molar refractivity (Wildman–Crippen MR) is 442 cm³/mol. The van der Waals surface area contributed by atoms with Gasteiger partial charge in [-0.3, -0.25) is 14.2 Å². The van der Waals surface area contributed by atoms with Gasteiger partial charge in [-0.2, -0.15) is 0 Å². The number of nitrogens with zero attached hydrogens (tertiary/aromatic N) is 1. The van der Waals surface area contributed by atoms with E-state index in [9.17, 15) is 19.0 Å². The average Bonchev–Trinajstić information content (AvgIpc) is 0.913. The summed E-state index contributed by atoms with van der Waals surface area (Å²) in [4.78, 5) is 38.2. The zero-order valence-corrected chi connectivity index (χ0v) is 65.6. The second kappa shape index (κ2) is 78.7. The molecule has 0 N–H and O–H groups in total. The molecule has 0 saturated heterocycles. The van der Waals surface area contributed by atoms with Gasteiger partial charge in [-0.15, -0.1) is 0 Å². The van der Waals surface area contributed by atoms with Crippen molar-refractivity contribution in [2.24, 2.45) is 0 Å². The molecule has 2 unspecified atom stereocenters. The minimum atomic E-state index is -4.68. The summed E-state index contributed by atoms with van der Waals surface area (Å²) in [6, 6.07) is 0. The fraction of sp³-hybridized carbons (Fsp3) is 0.522. The molecule has 0 aromatic rings. The van der Waals surface area contributed by atoms with Gasteiger partial charge in [-0.25, -0.2) is 0 Å². The van der Waals surface area contributed by atoms with Gasteiger partial charge in [-0.05, 0) is 173 Å². The molecule has 0 aliphatic rings. The van der Waals surface area contributed by atoms with Gasteiger partial charge in [0.1, 0.15) is 19.8 Å². The van der Waals surface area contributed by atoms with Crippen molar-refractivity contribution in [3.8, 4) is 0 Å². The molecule has 0 saturated carbocycles. The Morgan fingerprint density at radius 3 is 0.794 bits per heavy atom.